The van der Waals surface area contributed by atoms with E-state index in [4.69, 9.17) is 35.9 Å². The summed E-state index contributed by atoms with van der Waals surface area (Å²) in [7, 11) is 0. The largest absolute Gasteiger partial charge is 0.416 e. The smallest absolute Gasteiger partial charge is 0.354 e. The van der Waals surface area contributed by atoms with E-state index >= 15 is 0 Å². The van der Waals surface area contributed by atoms with Crippen LogP contribution in [-0.2, 0) is 29.9 Å². The summed E-state index contributed by atoms with van der Waals surface area (Å²) in [4.78, 5) is 0. The molecule has 7 nitrogen and oxygen atoms in total. The highest BCUT2D eigenvalue weighted by molar-refractivity contribution is 7.80. The van der Waals surface area contributed by atoms with Crippen molar-refractivity contribution in [1.29, 1.82) is 0 Å². The molecule has 4 rings (SSSR count). The molecule has 1 aromatic carbocycles. The third-order valence-electron chi connectivity index (χ3n) is 5.25. The van der Waals surface area contributed by atoms with E-state index in [1.54, 1.807) is 13.8 Å². The van der Waals surface area contributed by atoms with Gasteiger partial charge < -0.3 is 34.3 Å². The molecule has 3 fully saturated rings. The van der Waals surface area contributed by atoms with Gasteiger partial charge in [0.25, 0.3) is 0 Å². The number of nitrogens with one attached hydrogen (secondary N) is 2. The summed E-state index contributed by atoms with van der Waals surface area (Å²) in [5.41, 5.74) is -0.313. The Morgan fingerprint density at radius 2 is 1.68 bits per heavy atom. The van der Waals surface area contributed by atoms with E-state index in [1.807, 2.05) is 13.8 Å². The molecule has 0 aliphatic carbocycles. The number of thiocarbonyl (C=S) groups is 1. The van der Waals surface area contributed by atoms with Crippen LogP contribution in [0, 0.1) is 0 Å². The van der Waals surface area contributed by atoms with Gasteiger partial charge in [-0.05, 0) is 64.2 Å². The van der Waals surface area contributed by atoms with E-state index in [0.717, 1.165) is 12.1 Å². The van der Waals surface area contributed by atoms with Gasteiger partial charge in [-0.3, -0.25) is 0 Å². The Morgan fingerprint density at radius 1 is 1.00 bits per heavy atom. The van der Waals surface area contributed by atoms with Crippen molar-refractivity contribution < 1.29 is 36.9 Å². The van der Waals surface area contributed by atoms with Gasteiger partial charge in [-0.15, -0.1) is 0 Å². The van der Waals surface area contributed by atoms with Crippen LogP contribution in [0.3, 0.4) is 0 Å². The zero-order chi connectivity index (χ0) is 22.6. The fraction of sp³-hybridized carbons (Fsp3) is 0.650. The molecule has 0 amide bonds. The fourth-order valence-corrected chi connectivity index (χ4v) is 4.21. The molecular weight excluding hydrogens is 437 g/mol. The highest BCUT2D eigenvalue weighted by atomic mass is 32.1. The van der Waals surface area contributed by atoms with Gasteiger partial charge in [0, 0.05) is 5.69 Å². The Balaban J connectivity index is 1.46. The average molecular weight is 462 g/mol. The number of hydrogen-bond acceptors (Lipinski definition) is 6. The monoisotopic (exact) mass is 462 g/mol. The van der Waals surface area contributed by atoms with Crippen LogP contribution < -0.4 is 10.6 Å². The first-order valence-corrected chi connectivity index (χ1v) is 10.3. The summed E-state index contributed by atoms with van der Waals surface area (Å²) in [6, 6.07) is 4.19. The van der Waals surface area contributed by atoms with Gasteiger partial charge in [0.1, 0.15) is 18.3 Å². The SMILES string of the molecule is CC1(C)O[C@H]2O[C@H]([C@H]3COC(C)(C)O3)[C@@H](NC(=S)Nc3ccc(C(F)(F)F)cc3)[C@H]2O1. The van der Waals surface area contributed by atoms with Crippen molar-refractivity contribution in [2.24, 2.45) is 0 Å². The predicted octanol–water partition coefficient (Wildman–Crippen LogP) is 3.39. The molecular formula is C20H25F3N2O5S. The van der Waals surface area contributed by atoms with Crippen molar-refractivity contribution in [2.45, 2.75) is 76.1 Å². The van der Waals surface area contributed by atoms with Gasteiger partial charge in [-0.25, -0.2) is 0 Å². The van der Waals surface area contributed by atoms with Gasteiger partial charge in [-0.1, -0.05) is 0 Å². The molecule has 0 spiro atoms. The number of alkyl halides is 3. The van der Waals surface area contributed by atoms with Crippen LogP contribution in [0.25, 0.3) is 0 Å². The normalized spacial score (nSPS) is 33.8. The number of fused-ring (bicyclic) bond motifs is 1. The van der Waals surface area contributed by atoms with Crippen molar-refractivity contribution in [1.82, 2.24) is 5.32 Å². The van der Waals surface area contributed by atoms with Crippen molar-refractivity contribution in [3.8, 4) is 0 Å². The number of halogens is 3. The Morgan fingerprint density at radius 3 is 2.26 bits per heavy atom. The van der Waals surface area contributed by atoms with Gasteiger partial charge in [0.05, 0.1) is 18.2 Å². The maximum Gasteiger partial charge on any atom is 0.416 e. The lowest BCUT2D eigenvalue weighted by Crippen LogP contribution is -2.53. The quantitative estimate of drug-likeness (QED) is 0.663. The molecule has 0 radical (unpaired) electrons. The second-order valence-corrected chi connectivity index (χ2v) is 9.04. The number of hydrogen-bond donors (Lipinski definition) is 2. The van der Waals surface area contributed by atoms with Crippen molar-refractivity contribution in [3.63, 3.8) is 0 Å². The molecule has 11 heteroatoms. The van der Waals surface area contributed by atoms with E-state index < -0.39 is 47.9 Å². The first-order valence-electron chi connectivity index (χ1n) is 9.91. The van der Waals surface area contributed by atoms with Crippen molar-refractivity contribution >= 4 is 23.0 Å². The van der Waals surface area contributed by atoms with Crippen LogP contribution in [0.4, 0.5) is 18.9 Å². The number of benzene rings is 1. The molecule has 3 saturated heterocycles. The topological polar surface area (TPSA) is 70.2 Å². The van der Waals surface area contributed by atoms with E-state index in [-0.39, 0.29) is 11.2 Å². The minimum Gasteiger partial charge on any atom is -0.354 e. The lowest BCUT2D eigenvalue weighted by molar-refractivity contribution is -0.223. The molecule has 1 aromatic rings. The predicted molar refractivity (Wildman–Crippen MR) is 108 cm³/mol. The van der Waals surface area contributed by atoms with Gasteiger partial charge in [0.2, 0.25) is 0 Å². The molecule has 3 heterocycles. The Bertz CT molecular complexity index is 833. The summed E-state index contributed by atoms with van der Waals surface area (Å²) < 4.78 is 67.9. The van der Waals surface area contributed by atoms with Crippen molar-refractivity contribution in [2.75, 3.05) is 11.9 Å². The first-order chi connectivity index (χ1) is 14.3. The Labute approximate surface area is 183 Å². The first kappa shape index (κ1) is 22.7. The van der Waals surface area contributed by atoms with Crippen LogP contribution in [0.1, 0.15) is 33.3 Å². The van der Waals surface area contributed by atoms with Crippen molar-refractivity contribution in [3.05, 3.63) is 29.8 Å². The summed E-state index contributed by atoms with van der Waals surface area (Å²) in [6.07, 6.45) is -6.31. The lowest BCUT2D eigenvalue weighted by Gasteiger charge is -2.30. The number of anilines is 1. The highest BCUT2D eigenvalue weighted by Gasteiger charge is 2.58. The molecule has 0 saturated carbocycles. The number of ether oxygens (including phenoxy) is 5. The standard InChI is InChI=1S/C20H25F3N2O5S/c1-18(2)26-9-12(28-18)14-13(15-16(27-14)30-19(3,4)29-15)25-17(31)24-11-7-5-10(6-8-11)20(21,22)23/h5-8,12-16H,9H2,1-4H3,(H2,24,25,31)/t12-,13-,14-,15-,16-/m1/s1. The molecule has 3 aliphatic rings. The Hall–Kier alpha value is -1.50. The Kier molecular flexibility index (Phi) is 5.72. The summed E-state index contributed by atoms with van der Waals surface area (Å²) in [5, 5.41) is 6.29. The van der Waals surface area contributed by atoms with Gasteiger partial charge in [0.15, 0.2) is 23.0 Å². The third-order valence-corrected chi connectivity index (χ3v) is 5.47. The second-order valence-electron chi connectivity index (χ2n) is 8.64. The molecule has 0 aromatic heterocycles. The maximum atomic E-state index is 12.8. The molecule has 2 N–H and O–H groups in total. The summed E-state index contributed by atoms with van der Waals surface area (Å²) >= 11 is 5.40. The van der Waals surface area contributed by atoms with Gasteiger partial charge >= 0.3 is 6.18 Å². The van der Waals surface area contributed by atoms with Crippen LogP contribution in [0.2, 0.25) is 0 Å². The third kappa shape index (κ3) is 4.96. The van der Waals surface area contributed by atoms with Crippen LogP contribution in [0.15, 0.2) is 24.3 Å². The minimum absolute atomic E-state index is 0.213. The van der Waals surface area contributed by atoms with Crippen LogP contribution in [-0.4, -0.2) is 53.9 Å². The molecule has 172 valence electrons. The zero-order valence-corrected chi connectivity index (χ0v) is 18.3. The molecule has 0 unspecified atom stereocenters. The summed E-state index contributed by atoms with van der Waals surface area (Å²) in [5.74, 6) is -1.56. The van der Waals surface area contributed by atoms with E-state index in [9.17, 15) is 13.2 Å². The molecule has 5 atom stereocenters. The second kappa shape index (κ2) is 7.82. The lowest BCUT2D eigenvalue weighted by atomic mass is 10.0. The van der Waals surface area contributed by atoms with E-state index in [1.165, 1.54) is 12.1 Å². The summed E-state index contributed by atoms with van der Waals surface area (Å²) in [6.45, 7) is 7.55. The maximum absolute atomic E-state index is 12.8. The minimum atomic E-state index is -4.40. The highest BCUT2D eigenvalue weighted by Crippen LogP contribution is 2.40. The van der Waals surface area contributed by atoms with Crippen LogP contribution in [0.5, 0.6) is 0 Å². The van der Waals surface area contributed by atoms with Gasteiger partial charge in [-0.2, -0.15) is 13.2 Å². The van der Waals surface area contributed by atoms with Crippen LogP contribution >= 0.6 is 12.2 Å². The molecule has 0 bridgehead atoms. The average Bonchev–Trinajstić information content (AvgIpc) is 3.25. The molecule has 3 aliphatic heterocycles. The number of rotatable bonds is 3. The fourth-order valence-electron chi connectivity index (χ4n) is 3.95. The van der Waals surface area contributed by atoms with E-state index in [0.29, 0.717) is 12.3 Å². The zero-order valence-electron chi connectivity index (χ0n) is 17.5. The van der Waals surface area contributed by atoms with E-state index in [2.05, 4.69) is 10.6 Å². The molecule has 31 heavy (non-hydrogen) atoms.